The van der Waals surface area contributed by atoms with Crippen molar-refractivity contribution in [3.05, 3.63) is 29.2 Å². The summed E-state index contributed by atoms with van der Waals surface area (Å²) < 4.78 is 43.3. The van der Waals surface area contributed by atoms with Gasteiger partial charge in [-0.2, -0.15) is 23.3 Å². The molecule has 0 N–H and O–H groups in total. The number of halogens is 3. The Morgan fingerprint density at radius 1 is 1.36 bits per heavy atom. The Balaban J connectivity index is 1.55. The summed E-state index contributed by atoms with van der Waals surface area (Å²) >= 11 is 0. The van der Waals surface area contributed by atoms with E-state index in [9.17, 15) is 18.0 Å². The van der Waals surface area contributed by atoms with Crippen LogP contribution in [0.15, 0.2) is 10.6 Å². The van der Waals surface area contributed by atoms with Gasteiger partial charge in [-0.25, -0.2) is 0 Å². The molecule has 3 heterocycles. The van der Waals surface area contributed by atoms with E-state index < -0.39 is 12.1 Å². The third-order valence-electron chi connectivity index (χ3n) is 4.42. The summed E-state index contributed by atoms with van der Waals surface area (Å²) in [7, 11) is 1.78. The first kappa shape index (κ1) is 17.4. The molecule has 0 radical (unpaired) electrons. The number of carbonyl (C=O) groups excluding carboxylic acids is 1. The summed E-state index contributed by atoms with van der Waals surface area (Å²) in [6.07, 6.45) is -2.97. The van der Waals surface area contributed by atoms with E-state index in [0.717, 1.165) is 5.69 Å². The standard InChI is InChI=1S/C15H18F3N5O2/c1-9-7-11(20-22(9)2)13(24)23-5-3-10(4-6-23)8-12-19-14(25-21-12)15(16,17)18/h7,10H,3-6,8H2,1-2H3. The van der Waals surface area contributed by atoms with Gasteiger partial charge in [0.25, 0.3) is 5.91 Å². The maximum Gasteiger partial charge on any atom is 0.471 e. The first-order chi connectivity index (χ1) is 11.7. The molecule has 0 aliphatic carbocycles. The fourth-order valence-corrected chi connectivity index (χ4v) is 2.88. The zero-order valence-electron chi connectivity index (χ0n) is 13.9. The number of likely N-dealkylation sites (tertiary alicyclic amines) is 1. The highest BCUT2D eigenvalue weighted by atomic mass is 19.4. The molecule has 1 aliphatic rings. The van der Waals surface area contributed by atoms with Gasteiger partial charge in [0, 0.05) is 32.3 Å². The lowest BCUT2D eigenvalue weighted by Crippen LogP contribution is -2.39. The summed E-state index contributed by atoms with van der Waals surface area (Å²) in [4.78, 5) is 17.5. The molecule has 0 saturated carbocycles. The highest BCUT2D eigenvalue weighted by molar-refractivity contribution is 5.92. The number of alkyl halides is 3. The van der Waals surface area contributed by atoms with E-state index in [0.29, 0.717) is 38.0 Å². The lowest BCUT2D eigenvalue weighted by Gasteiger charge is -2.31. The minimum atomic E-state index is -4.62. The van der Waals surface area contributed by atoms with Gasteiger partial charge >= 0.3 is 12.1 Å². The van der Waals surface area contributed by atoms with Crippen LogP contribution < -0.4 is 0 Å². The van der Waals surface area contributed by atoms with Crippen molar-refractivity contribution < 1.29 is 22.5 Å². The lowest BCUT2D eigenvalue weighted by atomic mass is 9.93. The summed E-state index contributed by atoms with van der Waals surface area (Å²) in [5.41, 5.74) is 1.31. The molecule has 10 heteroatoms. The molecule has 0 aromatic carbocycles. The summed E-state index contributed by atoms with van der Waals surface area (Å²) in [5, 5.41) is 7.58. The predicted molar refractivity (Wildman–Crippen MR) is 79.6 cm³/mol. The quantitative estimate of drug-likeness (QED) is 0.842. The van der Waals surface area contributed by atoms with Gasteiger partial charge in [-0.1, -0.05) is 5.16 Å². The van der Waals surface area contributed by atoms with E-state index >= 15 is 0 Å². The molecule has 7 nitrogen and oxygen atoms in total. The van der Waals surface area contributed by atoms with Gasteiger partial charge in [0.1, 0.15) is 0 Å². The summed E-state index contributed by atoms with van der Waals surface area (Å²) in [5.74, 6) is -1.27. The van der Waals surface area contributed by atoms with Crippen LogP contribution in [0.3, 0.4) is 0 Å². The Bertz CT molecular complexity index is 740. The molecule has 0 atom stereocenters. The number of carbonyl (C=O) groups is 1. The molecule has 2 aromatic heterocycles. The zero-order valence-corrected chi connectivity index (χ0v) is 13.9. The van der Waals surface area contributed by atoms with E-state index in [1.165, 1.54) is 0 Å². The second-order valence-electron chi connectivity index (χ2n) is 6.25. The Morgan fingerprint density at radius 3 is 2.56 bits per heavy atom. The fourth-order valence-electron chi connectivity index (χ4n) is 2.88. The van der Waals surface area contributed by atoms with Crippen LogP contribution in [0.25, 0.3) is 0 Å². The average molecular weight is 357 g/mol. The molecule has 3 rings (SSSR count). The molecule has 2 aromatic rings. The van der Waals surface area contributed by atoms with Crippen LogP contribution >= 0.6 is 0 Å². The summed E-state index contributed by atoms with van der Waals surface area (Å²) in [6.45, 7) is 2.93. The Morgan fingerprint density at radius 2 is 2.04 bits per heavy atom. The highest BCUT2D eigenvalue weighted by Gasteiger charge is 2.38. The minimum absolute atomic E-state index is 0.0532. The normalized spacial score (nSPS) is 16.4. The molecule has 0 unspecified atom stereocenters. The van der Waals surface area contributed by atoms with Gasteiger partial charge in [-0.3, -0.25) is 9.48 Å². The van der Waals surface area contributed by atoms with Crippen molar-refractivity contribution in [3.63, 3.8) is 0 Å². The first-order valence-corrected chi connectivity index (χ1v) is 7.93. The van der Waals surface area contributed by atoms with E-state index in [1.54, 1.807) is 22.7 Å². The molecule has 1 amide bonds. The maximum absolute atomic E-state index is 12.5. The van der Waals surface area contributed by atoms with E-state index in [1.807, 2.05) is 6.92 Å². The zero-order chi connectivity index (χ0) is 18.2. The van der Waals surface area contributed by atoms with Gasteiger partial charge in [0.2, 0.25) is 0 Å². The smallest absolute Gasteiger partial charge is 0.337 e. The number of piperidine rings is 1. The van der Waals surface area contributed by atoms with Gasteiger partial charge in [-0.15, -0.1) is 0 Å². The molecular formula is C15H18F3N5O2. The third kappa shape index (κ3) is 3.83. The van der Waals surface area contributed by atoms with Crippen molar-refractivity contribution in [1.29, 1.82) is 0 Å². The number of aryl methyl sites for hydroxylation is 2. The molecule has 25 heavy (non-hydrogen) atoms. The van der Waals surface area contributed by atoms with Crippen molar-refractivity contribution in [1.82, 2.24) is 24.8 Å². The fraction of sp³-hybridized carbons (Fsp3) is 0.600. The number of hydrogen-bond acceptors (Lipinski definition) is 5. The van der Waals surface area contributed by atoms with Crippen molar-refractivity contribution in [2.45, 2.75) is 32.4 Å². The Hall–Kier alpha value is -2.39. The van der Waals surface area contributed by atoms with Crippen LogP contribution in [0.1, 0.15) is 40.7 Å². The van der Waals surface area contributed by atoms with Crippen molar-refractivity contribution >= 4 is 5.91 Å². The largest absolute Gasteiger partial charge is 0.471 e. The van der Waals surface area contributed by atoms with E-state index in [-0.39, 0.29) is 17.6 Å². The number of aromatic nitrogens is 4. The molecule has 0 bridgehead atoms. The highest BCUT2D eigenvalue weighted by Crippen LogP contribution is 2.28. The summed E-state index contributed by atoms with van der Waals surface area (Å²) in [6, 6.07) is 1.74. The number of rotatable bonds is 3. The molecule has 1 aliphatic heterocycles. The van der Waals surface area contributed by atoms with E-state index in [2.05, 4.69) is 19.8 Å². The predicted octanol–water partition coefficient (Wildman–Crippen LogP) is 2.23. The Labute approximate surface area is 141 Å². The van der Waals surface area contributed by atoms with Crippen LogP contribution in [-0.2, 0) is 19.6 Å². The SMILES string of the molecule is Cc1cc(C(=O)N2CCC(Cc3noc(C(F)(F)F)n3)CC2)nn1C. The van der Waals surface area contributed by atoms with E-state index in [4.69, 9.17) is 0 Å². The van der Waals surface area contributed by atoms with Crippen molar-refractivity contribution in [2.24, 2.45) is 13.0 Å². The van der Waals surface area contributed by atoms with Crippen LogP contribution in [0.5, 0.6) is 0 Å². The number of nitrogens with zero attached hydrogens (tertiary/aromatic N) is 5. The van der Waals surface area contributed by atoms with Crippen LogP contribution in [0, 0.1) is 12.8 Å². The second-order valence-corrected chi connectivity index (χ2v) is 6.25. The third-order valence-corrected chi connectivity index (χ3v) is 4.42. The topological polar surface area (TPSA) is 77.1 Å². The second kappa shape index (κ2) is 6.49. The van der Waals surface area contributed by atoms with Crippen LogP contribution in [0.4, 0.5) is 13.2 Å². The van der Waals surface area contributed by atoms with Gasteiger partial charge in [0.15, 0.2) is 11.5 Å². The molecule has 1 saturated heterocycles. The van der Waals surface area contributed by atoms with Gasteiger partial charge in [-0.05, 0) is 31.7 Å². The first-order valence-electron chi connectivity index (χ1n) is 7.93. The van der Waals surface area contributed by atoms with Crippen molar-refractivity contribution in [2.75, 3.05) is 13.1 Å². The molecule has 136 valence electrons. The van der Waals surface area contributed by atoms with Gasteiger partial charge in [0.05, 0.1) is 0 Å². The number of hydrogen-bond donors (Lipinski definition) is 0. The Kier molecular flexibility index (Phi) is 4.53. The van der Waals surface area contributed by atoms with Gasteiger partial charge < -0.3 is 9.42 Å². The maximum atomic E-state index is 12.5. The average Bonchev–Trinajstić information content (AvgIpc) is 3.15. The molecule has 0 spiro atoms. The lowest BCUT2D eigenvalue weighted by molar-refractivity contribution is -0.159. The van der Waals surface area contributed by atoms with Crippen LogP contribution in [0.2, 0.25) is 0 Å². The molecular weight excluding hydrogens is 339 g/mol. The van der Waals surface area contributed by atoms with Crippen molar-refractivity contribution in [3.8, 4) is 0 Å². The van der Waals surface area contributed by atoms with Crippen LogP contribution in [-0.4, -0.2) is 43.8 Å². The minimum Gasteiger partial charge on any atom is -0.337 e. The molecule has 1 fully saturated rings. The monoisotopic (exact) mass is 357 g/mol. The number of amides is 1.